The first kappa shape index (κ1) is 17.1. The van der Waals surface area contributed by atoms with Gasteiger partial charge in [0, 0.05) is 18.2 Å². The second-order valence-electron chi connectivity index (χ2n) is 4.99. The third-order valence-electron chi connectivity index (χ3n) is 3.61. The van der Waals surface area contributed by atoms with Crippen LogP contribution in [0.25, 0.3) is 0 Å². The molecule has 0 aromatic carbocycles. The molecule has 0 amide bonds. The zero-order valence-corrected chi connectivity index (χ0v) is 13.5. The Hall–Kier alpha value is -0.920. The zero-order valence-electron chi connectivity index (χ0n) is 12.7. The molecule has 1 rings (SSSR count). The molecule has 1 atom stereocenters. The van der Waals surface area contributed by atoms with Gasteiger partial charge in [-0.1, -0.05) is 33.6 Å². The summed E-state index contributed by atoms with van der Waals surface area (Å²) in [5.74, 6) is 0.338. The van der Waals surface area contributed by atoms with Gasteiger partial charge in [-0.15, -0.1) is 0 Å². The Bertz CT molecular complexity index is 494. The predicted octanol–water partition coefficient (Wildman–Crippen LogP) is 1.62. The van der Waals surface area contributed by atoms with Crippen LogP contribution in [-0.2, 0) is 16.6 Å². The van der Waals surface area contributed by atoms with Crippen LogP contribution in [0.2, 0.25) is 0 Å². The molecule has 0 aliphatic rings. The second kappa shape index (κ2) is 7.75. The van der Waals surface area contributed by atoms with Gasteiger partial charge in [0.1, 0.15) is 0 Å². The minimum Gasteiger partial charge on any atom is -0.313 e. The van der Waals surface area contributed by atoms with Crippen molar-refractivity contribution in [2.45, 2.75) is 58.1 Å². The minimum atomic E-state index is -3.55. The fourth-order valence-corrected chi connectivity index (χ4v) is 3.76. The quantitative estimate of drug-likeness (QED) is 0.647. The van der Waals surface area contributed by atoms with E-state index in [9.17, 15) is 8.42 Å². The summed E-state index contributed by atoms with van der Waals surface area (Å²) in [5, 5.41) is 9.72. The number of H-pyrrole nitrogens is 1. The fourth-order valence-electron chi connectivity index (χ4n) is 2.31. The Kier molecular flexibility index (Phi) is 6.64. The molecular weight excluding hydrogens is 276 g/mol. The molecule has 3 N–H and O–H groups in total. The van der Waals surface area contributed by atoms with Gasteiger partial charge in [0.25, 0.3) is 10.0 Å². The molecule has 20 heavy (non-hydrogen) atoms. The third-order valence-corrected chi connectivity index (χ3v) is 5.18. The number of aromatic nitrogens is 2. The molecule has 7 heteroatoms. The van der Waals surface area contributed by atoms with E-state index in [-0.39, 0.29) is 11.1 Å². The van der Waals surface area contributed by atoms with E-state index >= 15 is 0 Å². The third kappa shape index (κ3) is 4.29. The van der Waals surface area contributed by atoms with Crippen LogP contribution in [0.3, 0.4) is 0 Å². The van der Waals surface area contributed by atoms with Crippen LogP contribution in [0.1, 0.15) is 46.1 Å². The molecule has 0 aliphatic heterocycles. The normalized spacial score (nSPS) is 13.8. The molecule has 0 fully saturated rings. The molecule has 0 spiro atoms. The van der Waals surface area contributed by atoms with Crippen molar-refractivity contribution >= 4 is 10.0 Å². The summed E-state index contributed by atoms with van der Waals surface area (Å²) in [6, 6.07) is -0.0923. The van der Waals surface area contributed by atoms with Crippen LogP contribution in [0.4, 0.5) is 0 Å². The zero-order chi connectivity index (χ0) is 15.2. The van der Waals surface area contributed by atoms with Gasteiger partial charge in [-0.2, -0.15) is 5.10 Å². The SMILES string of the molecule is CCNCc1cn[nH]c1S(=O)(=O)NC(C)C(CC)CC. The van der Waals surface area contributed by atoms with E-state index in [1.165, 1.54) is 0 Å². The smallest absolute Gasteiger partial charge is 0.258 e. The van der Waals surface area contributed by atoms with Crippen LogP contribution in [0.15, 0.2) is 11.2 Å². The van der Waals surface area contributed by atoms with Gasteiger partial charge >= 0.3 is 0 Å². The summed E-state index contributed by atoms with van der Waals surface area (Å²) in [5.41, 5.74) is 0.663. The molecule has 1 unspecified atom stereocenters. The van der Waals surface area contributed by atoms with Crippen LogP contribution >= 0.6 is 0 Å². The molecule has 0 bridgehead atoms. The highest BCUT2D eigenvalue weighted by Crippen LogP contribution is 2.17. The molecule has 1 aromatic heterocycles. The first-order valence-corrected chi connectivity index (χ1v) is 8.69. The number of nitrogens with zero attached hydrogens (tertiary/aromatic N) is 1. The first-order valence-electron chi connectivity index (χ1n) is 7.21. The van der Waals surface area contributed by atoms with Gasteiger partial charge in [0.2, 0.25) is 0 Å². The molecule has 0 saturated carbocycles. The lowest BCUT2D eigenvalue weighted by molar-refractivity contribution is 0.390. The number of rotatable bonds is 9. The van der Waals surface area contributed by atoms with Crippen LogP contribution < -0.4 is 10.0 Å². The summed E-state index contributed by atoms with van der Waals surface area (Å²) < 4.78 is 27.6. The van der Waals surface area contributed by atoms with Crippen molar-refractivity contribution in [2.75, 3.05) is 6.54 Å². The Morgan fingerprint density at radius 2 is 1.95 bits per heavy atom. The van der Waals surface area contributed by atoms with E-state index in [1.54, 1.807) is 6.20 Å². The number of sulfonamides is 1. The highest BCUT2D eigenvalue weighted by molar-refractivity contribution is 7.89. The van der Waals surface area contributed by atoms with Gasteiger partial charge < -0.3 is 5.32 Å². The first-order chi connectivity index (χ1) is 9.46. The molecule has 1 aromatic rings. The summed E-state index contributed by atoms with van der Waals surface area (Å²) in [4.78, 5) is 0. The highest BCUT2D eigenvalue weighted by atomic mass is 32.2. The lowest BCUT2D eigenvalue weighted by Crippen LogP contribution is -2.38. The van der Waals surface area contributed by atoms with Crippen LogP contribution in [0.5, 0.6) is 0 Å². The predicted molar refractivity (Wildman–Crippen MR) is 79.8 cm³/mol. The van der Waals surface area contributed by atoms with Crippen molar-refractivity contribution in [3.8, 4) is 0 Å². The maximum Gasteiger partial charge on any atom is 0.258 e. The van der Waals surface area contributed by atoms with Crippen molar-refractivity contribution < 1.29 is 8.42 Å². The van der Waals surface area contributed by atoms with Crippen LogP contribution in [0, 0.1) is 5.92 Å². The largest absolute Gasteiger partial charge is 0.313 e. The second-order valence-corrected chi connectivity index (χ2v) is 6.64. The Morgan fingerprint density at radius 1 is 1.30 bits per heavy atom. The van der Waals surface area contributed by atoms with Gasteiger partial charge in [-0.25, -0.2) is 13.1 Å². The molecule has 116 valence electrons. The van der Waals surface area contributed by atoms with Gasteiger partial charge in [-0.05, 0) is 19.4 Å². The molecule has 6 nitrogen and oxygen atoms in total. The summed E-state index contributed by atoms with van der Waals surface area (Å²) in [7, 11) is -3.55. The lowest BCUT2D eigenvalue weighted by atomic mass is 9.96. The van der Waals surface area contributed by atoms with E-state index < -0.39 is 10.0 Å². The van der Waals surface area contributed by atoms with E-state index in [0.29, 0.717) is 18.0 Å². The minimum absolute atomic E-state index is 0.0923. The van der Waals surface area contributed by atoms with Crippen molar-refractivity contribution in [3.05, 3.63) is 11.8 Å². The van der Waals surface area contributed by atoms with Crippen molar-refractivity contribution in [3.63, 3.8) is 0 Å². The standard InChI is InChI=1S/C13H26N4O2S/c1-5-11(6-2)10(4)17-20(18,19)13-12(8-14-7-3)9-15-16-13/h9-11,14,17H,5-8H2,1-4H3,(H,15,16). The summed E-state index contributed by atoms with van der Waals surface area (Å²) in [6.45, 7) is 9.31. The molecular formula is C13H26N4O2S. The molecule has 0 radical (unpaired) electrons. The maximum absolute atomic E-state index is 12.4. The summed E-state index contributed by atoms with van der Waals surface area (Å²) in [6.07, 6.45) is 3.46. The van der Waals surface area contributed by atoms with E-state index in [1.807, 2.05) is 13.8 Å². The fraction of sp³-hybridized carbons (Fsp3) is 0.769. The lowest BCUT2D eigenvalue weighted by Gasteiger charge is -2.22. The number of hydrogen-bond donors (Lipinski definition) is 3. The monoisotopic (exact) mass is 302 g/mol. The van der Waals surface area contributed by atoms with Crippen molar-refractivity contribution in [2.24, 2.45) is 5.92 Å². The Morgan fingerprint density at radius 3 is 2.50 bits per heavy atom. The number of hydrogen-bond acceptors (Lipinski definition) is 4. The maximum atomic E-state index is 12.4. The summed E-state index contributed by atoms with van der Waals surface area (Å²) >= 11 is 0. The average molecular weight is 302 g/mol. The topological polar surface area (TPSA) is 86.9 Å². The van der Waals surface area contributed by atoms with Crippen LogP contribution in [-0.4, -0.2) is 31.2 Å². The van der Waals surface area contributed by atoms with E-state index in [2.05, 4.69) is 34.1 Å². The highest BCUT2D eigenvalue weighted by Gasteiger charge is 2.25. The number of nitrogens with one attached hydrogen (secondary N) is 3. The molecule has 0 saturated heterocycles. The Balaban J connectivity index is 2.86. The van der Waals surface area contributed by atoms with E-state index in [4.69, 9.17) is 0 Å². The van der Waals surface area contributed by atoms with Gasteiger partial charge in [0.15, 0.2) is 5.03 Å². The number of aromatic amines is 1. The molecule has 1 heterocycles. The van der Waals surface area contributed by atoms with Crippen molar-refractivity contribution in [1.29, 1.82) is 0 Å². The molecule has 0 aliphatic carbocycles. The van der Waals surface area contributed by atoms with Gasteiger partial charge in [0.05, 0.1) is 6.20 Å². The van der Waals surface area contributed by atoms with Gasteiger partial charge in [-0.3, -0.25) is 5.10 Å². The average Bonchev–Trinajstić information content (AvgIpc) is 2.86. The Labute approximate surface area is 121 Å². The van der Waals surface area contributed by atoms with Crippen molar-refractivity contribution in [1.82, 2.24) is 20.2 Å². The van der Waals surface area contributed by atoms with E-state index in [0.717, 1.165) is 19.4 Å².